The summed E-state index contributed by atoms with van der Waals surface area (Å²) in [7, 11) is 0. The first kappa shape index (κ1) is 14.7. The quantitative estimate of drug-likeness (QED) is 0.779. The summed E-state index contributed by atoms with van der Waals surface area (Å²) >= 11 is 0. The van der Waals surface area contributed by atoms with Crippen molar-refractivity contribution in [2.45, 2.75) is 41.0 Å². The first-order valence-electron chi connectivity index (χ1n) is 6.75. The molecule has 102 valence electrons. The van der Waals surface area contributed by atoms with E-state index in [4.69, 9.17) is 0 Å². The van der Waals surface area contributed by atoms with Crippen LogP contribution in [0.15, 0.2) is 12.4 Å². The number of nitrogens with zero attached hydrogens (tertiary/aromatic N) is 2. The second-order valence-corrected chi connectivity index (χ2v) is 5.71. The molecule has 0 atom stereocenters. The standard InChI is InChI=1S/C14H26N4/c1-6-7-15-12-8-13(18-10-17-12)16-9-14(4,5)11(2)3/h8,10-11H,6-7,9H2,1-5H3,(H2,15,16,17,18). The van der Waals surface area contributed by atoms with Crippen molar-refractivity contribution in [1.29, 1.82) is 0 Å². The van der Waals surface area contributed by atoms with Gasteiger partial charge in [-0.15, -0.1) is 0 Å². The lowest BCUT2D eigenvalue weighted by molar-refractivity contribution is 0.269. The highest BCUT2D eigenvalue weighted by atomic mass is 15.1. The maximum atomic E-state index is 4.25. The molecule has 0 saturated heterocycles. The van der Waals surface area contributed by atoms with E-state index >= 15 is 0 Å². The maximum absolute atomic E-state index is 4.25. The van der Waals surface area contributed by atoms with Crippen LogP contribution in [-0.4, -0.2) is 23.1 Å². The second-order valence-electron chi connectivity index (χ2n) is 5.71. The minimum Gasteiger partial charge on any atom is -0.370 e. The molecule has 0 aliphatic rings. The van der Waals surface area contributed by atoms with Gasteiger partial charge in [0.2, 0.25) is 0 Å². The summed E-state index contributed by atoms with van der Waals surface area (Å²) in [6.07, 6.45) is 2.69. The van der Waals surface area contributed by atoms with Gasteiger partial charge in [0.25, 0.3) is 0 Å². The highest BCUT2D eigenvalue weighted by Gasteiger charge is 2.21. The van der Waals surface area contributed by atoms with Crippen molar-refractivity contribution in [1.82, 2.24) is 9.97 Å². The van der Waals surface area contributed by atoms with Crippen LogP contribution in [0.25, 0.3) is 0 Å². The maximum Gasteiger partial charge on any atom is 0.131 e. The van der Waals surface area contributed by atoms with Crippen molar-refractivity contribution in [2.24, 2.45) is 11.3 Å². The van der Waals surface area contributed by atoms with Gasteiger partial charge in [-0.05, 0) is 17.8 Å². The van der Waals surface area contributed by atoms with E-state index in [2.05, 4.69) is 55.2 Å². The molecule has 0 radical (unpaired) electrons. The van der Waals surface area contributed by atoms with Crippen LogP contribution in [0.4, 0.5) is 11.6 Å². The van der Waals surface area contributed by atoms with Crippen LogP contribution in [0.1, 0.15) is 41.0 Å². The molecule has 0 amide bonds. The van der Waals surface area contributed by atoms with E-state index in [-0.39, 0.29) is 5.41 Å². The SMILES string of the molecule is CCCNc1cc(NCC(C)(C)C(C)C)ncn1. The van der Waals surface area contributed by atoms with Gasteiger partial charge >= 0.3 is 0 Å². The lowest BCUT2D eigenvalue weighted by Gasteiger charge is -2.29. The molecule has 0 aliphatic heterocycles. The molecule has 0 saturated carbocycles. The van der Waals surface area contributed by atoms with Crippen LogP contribution >= 0.6 is 0 Å². The van der Waals surface area contributed by atoms with E-state index in [1.165, 1.54) is 0 Å². The average Bonchev–Trinajstić information content (AvgIpc) is 2.34. The van der Waals surface area contributed by atoms with E-state index in [1.807, 2.05) is 6.07 Å². The van der Waals surface area contributed by atoms with Gasteiger partial charge in [-0.1, -0.05) is 34.6 Å². The smallest absolute Gasteiger partial charge is 0.131 e. The lowest BCUT2D eigenvalue weighted by Crippen LogP contribution is -2.28. The summed E-state index contributed by atoms with van der Waals surface area (Å²) in [4.78, 5) is 8.44. The van der Waals surface area contributed by atoms with Crippen LogP contribution in [-0.2, 0) is 0 Å². The van der Waals surface area contributed by atoms with Crippen LogP contribution in [0, 0.1) is 11.3 Å². The Kier molecular flexibility index (Phi) is 5.38. The van der Waals surface area contributed by atoms with Crippen molar-refractivity contribution in [2.75, 3.05) is 23.7 Å². The molecule has 0 aromatic carbocycles. The summed E-state index contributed by atoms with van der Waals surface area (Å²) in [5.74, 6) is 2.40. The van der Waals surface area contributed by atoms with Gasteiger partial charge in [0.1, 0.15) is 18.0 Å². The second kappa shape index (κ2) is 6.57. The van der Waals surface area contributed by atoms with Crippen LogP contribution in [0.5, 0.6) is 0 Å². The normalized spacial score (nSPS) is 11.7. The molecule has 0 bridgehead atoms. The summed E-state index contributed by atoms with van der Waals surface area (Å²) in [6, 6.07) is 1.96. The Morgan fingerprint density at radius 1 is 1.17 bits per heavy atom. The Hall–Kier alpha value is -1.32. The average molecular weight is 250 g/mol. The van der Waals surface area contributed by atoms with Crippen molar-refractivity contribution >= 4 is 11.6 Å². The van der Waals surface area contributed by atoms with Crippen LogP contribution in [0.3, 0.4) is 0 Å². The molecule has 0 unspecified atom stereocenters. The van der Waals surface area contributed by atoms with Gasteiger partial charge in [-0.2, -0.15) is 0 Å². The molecule has 0 fully saturated rings. The van der Waals surface area contributed by atoms with Crippen molar-refractivity contribution in [3.8, 4) is 0 Å². The van der Waals surface area contributed by atoms with Crippen molar-refractivity contribution in [3.05, 3.63) is 12.4 Å². The van der Waals surface area contributed by atoms with Gasteiger partial charge in [-0.25, -0.2) is 9.97 Å². The Morgan fingerprint density at radius 2 is 1.78 bits per heavy atom. The Morgan fingerprint density at radius 3 is 2.33 bits per heavy atom. The monoisotopic (exact) mass is 250 g/mol. The third kappa shape index (κ3) is 4.51. The van der Waals surface area contributed by atoms with Crippen molar-refractivity contribution in [3.63, 3.8) is 0 Å². The van der Waals surface area contributed by atoms with Gasteiger partial charge in [0.15, 0.2) is 0 Å². The minimum absolute atomic E-state index is 0.252. The largest absolute Gasteiger partial charge is 0.370 e. The lowest BCUT2D eigenvalue weighted by atomic mass is 9.81. The molecule has 1 aromatic heterocycles. The molecule has 2 N–H and O–H groups in total. The number of nitrogens with one attached hydrogen (secondary N) is 2. The fourth-order valence-electron chi connectivity index (χ4n) is 1.33. The summed E-state index contributed by atoms with van der Waals surface area (Å²) in [6.45, 7) is 13.0. The summed E-state index contributed by atoms with van der Waals surface area (Å²) < 4.78 is 0. The predicted molar refractivity (Wildman–Crippen MR) is 77.9 cm³/mol. The fourth-order valence-corrected chi connectivity index (χ4v) is 1.33. The first-order valence-corrected chi connectivity index (χ1v) is 6.75. The molecule has 4 nitrogen and oxygen atoms in total. The van der Waals surface area contributed by atoms with E-state index < -0.39 is 0 Å². The molecule has 18 heavy (non-hydrogen) atoms. The molecular weight excluding hydrogens is 224 g/mol. The zero-order valence-corrected chi connectivity index (χ0v) is 12.2. The Balaban J connectivity index is 2.57. The third-order valence-electron chi connectivity index (χ3n) is 3.51. The zero-order chi connectivity index (χ0) is 13.6. The van der Waals surface area contributed by atoms with Crippen LogP contribution < -0.4 is 10.6 Å². The molecule has 1 aromatic rings. The number of rotatable bonds is 7. The topological polar surface area (TPSA) is 49.8 Å². The molecule has 1 heterocycles. The number of hydrogen-bond acceptors (Lipinski definition) is 4. The van der Waals surface area contributed by atoms with Gasteiger partial charge in [-0.3, -0.25) is 0 Å². The summed E-state index contributed by atoms with van der Waals surface area (Å²) in [5, 5.41) is 6.66. The first-order chi connectivity index (χ1) is 8.45. The predicted octanol–water partition coefficient (Wildman–Crippen LogP) is 3.39. The third-order valence-corrected chi connectivity index (χ3v) is 3.51. The fraction of sp³-hybridized carbons (Fsp3) is 0.714. The highest BCUT2D eigenvalue weighted by molar-refractivity contribution is 5.46. The Labute approximate surface area is 111 Å². The number of aromatic nitrogens is 2. The van der Waals surface area contributed by atoms with Gasteiger partial charge in [0.05, 0.1) is 0 Å². The molecule has 0 spiro atoms. The Bertz CT molecular complexity index is 361. The van der Waals surface area contributed by atoms with E-state index in [1.54, 1.807) is 6.33 Å². The van der Waals surface area contributed by atoms with Crippen LogP contribution in [0.2, 0.25) is 0 Å². The van der Waals surface area contributed by atoms with Gasteiger partial charge in [0, 0.05) is 19.2 Å². The highest BCUT2D eigenvalue weighted by Crippen LogP contribution is 2.26. The number of hydrogen-bond donors (Lipinski definition) is 2. The molecule has 0 aliphatic carbocycles. The van der Waals surface area contributed by atoms with Crippen molar-refractivity contribution < 1.29 is 0 Å². The molecule has 1 rings (SSSR count). The minimum atomic E-state index is 0.252. The molecule has 4 heteroatoms. The van der Waals surface area contributed by atoms with E-state index in [9.17, 15) is 0 Å². The van der Waals surface area contributed by atoms with Gasteiger partial charge < -0.3 is 10.6 Å². The zero-order valence-electron chi connectivity index (χ0n) is 12.2. The number of anilines is 2. The summed E-state index contributed by atoms with van der Waals surface area (Å²) in [5.41, 5.74) is 0.252. The van der Waals surface area contributed by atoms with E-state index in [0.29, 0.717) is 5.92 Å². The molecular formula is C14H26N4. The van der Waals surface area contributed by atoms with E-state index in [0.717, 1.165) is 31.1 Å².